The number of hydrogen-bond acceptors (Lipinski definition) is 9. The Kier molecular flexibility index (Phi) is 8.80. The number of imidazole rings is 1. The number of H-pyrrole nitrogens is 1. The molecule has 1 unspecified atom stereocenters. The second-order valence-corrected chi connectivity index (χ2v) is 9.38. The molecule has 2 aromatic heterocycles. The molecule has 4 atom stereocenters. The predicted molar refractivity (Wildman–Crippen MR) is 117 cm³/mol. The van der Waals surface area contributed by atoms with Gasteiger partial charge in [-0.1, -0.05) is 45.4 Å². The van der Waals surface area contributed by atoms with Gasteiger partial charge in [-0.3, -0.25) is 23.4 Å². The molecule has 0 bridgehead atoms. The molecule has 1 aliphatic heterocycles. The molecular formula is C19H32N5O7P. The van der Waals surface area contributed by atoms with E-state index in [1.54, 1.807) is 0 Å². The van der Waals surface area contributed by atoms with E-state index in [0.717, 1.165) is 19.3 Å². The van der Waals surface area contributed by atoms with E-state index in [1.165, 1.54) is 30.2 Å². The van der Waals surface area contributed by atoms with Gasteiger partial charge in [0.2, 0.25) is 5.95 Å². The van der Waals surface area contributed by atoms with Gasteiger partial charge in [0.05, 0.1) is 25.6 Å². The van der Waals surface area contributed by atoms with Crippen LogP contribution in [-0.2, 0) is 18.3 Å². The number of unbranched alkanes of at least 4 members (excludes halogenated alkanes) is 6. The standard InChI is InChI=1S/C19H32N5O7P/c1-2-3-4-5-6-7-8-9-29-32(27,28)30-11-14-13(25)10-15(31-14)24-12-21-16-17(24)22-19(20)23-18(16)26/h12-15,25H,2-11H2,1H3,(H,27,28)(H3,20,22,23,26)/t13-,14+,15+/m0/s1. The Morgan fingerprint density at radius 3 is 2.75 bits per heavy atom. The highest BCUT2D eigenvalue weighted by molar-refractivity contribution is 7.47. The molecule has 1 saturated heterocycles. The zero-order valence-electron chi connectivity index (χ0n) is 18.2. The summed E-state index contributed by atoms with van der Waals surface area (Å²) in [6, 6.07) is 0. The van der Waals surface area contributed by atoms with E-state index in [9.17, 15) is 19.4 Å². The molecule has 0 spiro atoms. The van der Waals surface area contributed by atoms with E-state index in [4.69, 9.17) is 19.5 Å². The van der Waals surface area contributed by atoms with Crippen LogP contribution in [0, 0.1) is 0 Å². The number of ether oxygens (including phenoxy) is 1. The molecule has 0 aliphatic carbocycles. The van der Waals surface area contributed by atoms with Crippen molar-refractivity contribution in [3.63, 3.8) is 0 Å². The van der Waals surface area contributed by atoms with E-state index < -0.39 is 31.8 Å². The number of nitrogen functional groups attached to an aromatic ring is 1. The molecule has 0 radical (unpaired) electrons. The first-order valence-corrected chi connectivity index (χ1v) is 12.5. The van der Waals surface area contributed by atoms with Crippen molar-refractivity contribution in [2.45, 2.75) is 76.7 Å². The summed E-state index contributed by atoms with van der Waals surface area (Å²) in [6.07, 6.45) is 6.47. The van der Waals surface area contributed by atoms with Crippen LogP contribution < -0.4 is 11.3 Å². The normalized spacial score (nSPS) is 23.0. The number of aliphatic hydroxyl groups is 1. The number of fused-ring (bicyclic) bond motifs is 1. The maximum Gasteiger partial charge on any atom is 0.472 e. The molecule has 0 amide bonds. The fraction of sp³-hybridized carbons (Fsp3) is 0.737. The molecular weight excluding hydrogens is 441 g/mol. The molecule has 5 N–H and O–H groups in total. The van der Waals surface area contributed by atoms with Crippen molar-refractivity contribution in [3.8, 4) is 0 Å². The van der Waals surface area contributed by atoms with Gasteiger partial charge in [-0.05, 0) is 6.42 Å². The van der Waals surface area contributed by atoms with Gasteiger partial charge in [0.1, 0.15) is 12.3 Å². The van der Waals surface area contributed by atoms with E-state index in [1.807, 2.05) is 0 Å². The highest BCUT2D eigenvalue weighted by atomic mass is 31.2. The third-order valence-electron chi connectivity index (χ3n) is 5.37. The Labute approximate surface area is 185 Å². The quantitative estimate of drug-likeness (QED) is 0.249. The number of rotatable bonds is 13. The average Bonchev–Trinajstić information content (AvgIpc) is 3.32. The fourth-order valence-corrected chi connectivity index (χ4v) is 4.40. The van der Waals surface area contributed by atoms with Crippen molar-refractivity contribution in [2.24, 2.45) is 0 Å². The van der Waals surface area contributed by atoms with Crippen LogP contribution in [0.15, 0.2) is 11.1 Å². The largest absolute Gasteiger partial charge is 0.472 e. The molecule has 32 heavy (non-hydrogen) atoms. The summed E-state index contributed by atoms with van der Waals surface area (Å²) < 4.78 is 29.4. The zero-order valence-corrected chi connectivity index (χ0v) is 19.1. The van der Waals surface area contributed by atoms with Crippen molar-refractivity contribution in [1.29, 1.82) is 0 Å². The first-order valence-electron chi connectivity index (χ1n) is 11.0. The van der Waals surface area contributed by atoms with Gasteiger partial charge in [-0.25, -0.2) is 9.55 Å². The lowest BCUT2D eigenvalue weighted by molar-refractivity contribution is -0.0439. The number of nitrogens with zero attached hydrogens (tertiary/aromatic N) is 3. The Balaban J connectivity index is 1.45. The number of aliphatic hydroxyl groups excluding tert-OH is 1. The molecule has 3 heterocycles. The maximum absolute atomic E-state index is 12.1. The van der Waals surface area contributed by atoms with Crippen LogP contribution in [0.4, 0.5) is 5.95 Å². The molecule has 1 aliphatic rings. The Hall–Kier alpha value is -1.82. The zero-order chi connectivity index (χ0) is 23.1. The van der Waals surface area contributed by atoms with Gasteiger partial charge in [0.15, 0.2) is 11.2 Å². The predicted octanol–water partition coefficient (Wildman–Crippen LogP) is 2.23. The third kappa shape index (κ3) is 6.60. The number of hydrogen-bond donors (Lipinski definition) is 4. The SMILES string of the molecule is CCCCCCCCCOP(=O)(O)OC[C@H]1O[C@@H](n2cnc3c(=O)[nH]c(N)nc32)C[C@@H]1O. The van der Waals surface area contributed by atoms with Crippen LogP contribution in [0.3, 0.4) is 0 Å². The third-order valence-corrected chi connectivity index (χ3v) is 6.35. The van der Waals surface area contributed by atoms with Crippen LogP contribution in [0.25, 0.3) is 11.2 Å². The lowest BCUT2D eigenvalue weighted by Gasteiger charge is -2.18. The summed E-state index contributed by atoms with van der Waals surface area (Å²) in [5.74, 6) is -0.0676. The molecule has 13 heteroatoms. The van der Waals surface area contributed by atoms with Gasteiger partial charge in [-0.15, -0.1) is 0 Å². The highest BCUT2D eigenvalue weighted by Gasteiger charge is 2.38. The van der Waals surface area contributed by atoms with Crippen molar-refractivity contribution >= 4 is 24.9 Å². The number of aromatic nitrogens is 4. The Bertz CT molecular complexity index is 981. The van der Waals surface area contributed by atoms with E-state index in [2.05, 4.69) is 21.9 Å². The number of nitrogens with one attached hydrogen (secondary N) is 1. The number of anilines is 1. The van der Waals surface area contributed by atoms with Gasteiger partial charge < -0.3 is 20.5 Å². The molecule has 180 valence electrons. The second-order valence-electron chi connectivity index (χ2n) is 7.93. The Morgan fingerprint density at radius 1 is 1.28 bits per heavy atom. The van der Waals surface area contributed by atoms with Gasteiger partial charge in [0.25, 0.3) is 5.56 Å². The maximum atomic E-state index is 12.1. The van der Waals surface area contributed by atoms with E-state index in [-0.39, 0.29) is 36.7 Å². The van der Waals surface area contributed by atoms with Crippen LogP contribution >= 0.6 is 7.82 Å². The topological polar surface area (TPSA) is 175 Å². The summed E-state index contributed by atoms with van der Waals surface area (Å²) in [5.41, 5.74) is 5.43. The van der Waals surface area contributed by atoms with Crippen LogP contribution in [0.2, 0.25) is 0 Å². The van der Waals surface area contributed by atoms with Gasteiger partial charge in [-0.2, -0.15) is 4.98 Å². The molecule has 1 fully saturated rings. The number of nitrogens with two attached hydrogens (primary N) is 1. The van der Waals surface area contributed by atoms with Crippen LogP contribution in [0.5, 0.6) is 0 Å². The van der Waals surface area contributed by atoms with Crippen LogP contribution in [-0.4, -0.2) is 54.9 Å². The molecule has 0 aromatic carbocycles. The number of phosphoric acid groups is 1. The number of aromatic amines is 1. The van der Waals surface area contributed by atoms with Crippen molar-refractivity contribution < 1.29 is 28.3 Å². The minimum Gasteiger partial charge on any atom is -0.390 e. The Morgan fingerprint density at radius 2 is 2.00 bits per heavy atom. The van der Waals surface area contributed by atoms with Crippen molar-refractivity contribution in [1.82, 2.24) is 19.5 Å². The fourth-order valence-electron chi connectivity index (χ4n) is 3.63. The number of phosphoric ester groups is 1. The minimum atomic E-state index is -4.25. The highest BCUT2D eigenvalue weighted by Crippen LogP contribution is 2.44. The second kappa shape index (κ2) is 11.4. The molecule has 2 aromatic rings. The molecule has 0 saturated carbocycles. The van der Waals surface area contributed by atoms with E-state index >= 15 is 0 Å². The summed E-state index contributed by atoms with van der Waals surface area (Å²) in [5, 5.41) is 10.3. The summed E-state index contributed by atoms with van der Waals surface area (Å²) >= 11 is 0. The van der Waals surface area contributed by atoms with Crippen molar-refractivity contribution in [2.75, 3.05) is 18.9 Å². The lowest BCUT2D eigenvalue weighted by Crippen LogP contribution is -2.26. The van der Waals surface area contributed by atoms with Gasteiger partial charge >= 0.3 is 7.82 Å². The van der Waals surface area contributed by atoms with E-state index in [0.29, 0.717) is 6.42 Å². The van der Waals surface area contributed by atoms with Gasteiger partial charge in [0, 0.05) is 6.42 Å². The lowest BCUT2D eigenvalue weighted by atomic mass is 10.1. The summed E-state index contributed by atoms with van der Waals surface area (Å²) in [6.45, 7) is 1.96. The summed E-state index contributed by atoms with van der Waals surface area (Å²) in [7, 11) is -4.25. The monoisotopic (exact) mass is 473 g/mol. The molecule has 12 nitrogen and oxygen atoms in total. The minimum absolute atomic E-state index is 0.0676. The van der Waals surface area contributed by atoms with Crippen LogP contribution in [0.1, 0.15) is 64.5 Å². The van der Waals surface area contributed by atoms with Crippen molar-refractivity contribution in [3.05, 3.63) is 16.7 Å². The first kappa shape index (κ1) is 24.8. The average molecular weight is 473 g/mol. The smallest absolute Gasteiger partial charge is 0.390 e. The summed E-state index contributed by atoms with van der Waals surface area (Å²) in [4.78, 5) is 32.2. The molecule has 3 rings (SSSR count). The first-order chi connectivity index (χ1) is 15.3.